The van der Waals surface area contributed by atoms with Gasteiger partial charge in [0, 0.05) is 7.05 Å². The Balaban J connectivity index is 2.44. The zero-order valence-corrected chi connectivity index (χ0v) is 9.28. The molecule has 0 bridgehead atoms. The lowest BCUT2D eigenvalue weighted by molar-refractivity contribution is 0.0959. The lowest BCUT2D eigenvalue weighted by atomic mass is 10.1. The van der Waals surface area contributed by atoms with Gasteiger partial charge in [-0.2, -0.15) is 0 Å². The molecular weight excluding hydrogens is 226 g/mol. The standard InChI is InChI=1S/C10H9N3O2S/c1-11-10(15)8-9(16-13-12-8)6-2-4-7(14)5-3-6/h2-5,14H,1H3,(H,11,15). The molecule has 0 unspecified atom stereocenters. The van der Waals surface area contributed by atoms with E-state index in [2.05, 4.69) is 14.9 Å². The number of carbonyl (C=O) groups is 1. The topological polar surface area (TPSA) is 75.1 Å². The highest BCUT2D eigenvalue weighted by Crippen LogP contribution is 2.27. The van der Waals surface area contributed by atoms with Crippen LogP contribution in [0, 0.1) is 0 Å². The number of amides is 1. The molecule has 82 valence electrons. The van der Waals surface area contributed by atoms with Gasteiger partial charge in [0.15, 0.2) is 5.69 Å². The van der Waals surface area contributed by atoms with Crippen LogP contribution in [0.1, 0.15) is 10.5 Å². The number of aromatic nitrogens is 2. The molecule has 0 atom stereocenters. The maximum Gasteiger partial charge on any atom is 0.273 e. The quantitative estimate of drug-likeness (QED) is 0.822. The fraction of sp³-hybridized carbons (Fsp3) is 0.100. The van der Waals surface area contributed by atoms with Gasteiger partial charge in [0.2, 0.25) is 0 Å². The van der Waals surface area contributed by atoms with Crippen molar-refractivity contribution in [1.82, 2.24) is 14.9 Å². The first-order valence-corrected chi connectivity index (χ1v) is 5.33. The van der Waals surface area contributed by atoms with Gasteiger partial charge in [0.05, 0.1) is 4.88 Å². The fourth-order valence-corrected chi connectivity index (χ4v) is 1.93. The van der Waals surface area contributed by atoms with Gasteiger partial charge in [-0.05, 0) is 41.4 Å². The molecule has 1 aromatic carbocycles. The van der Waals surface area contributed by atoms with Gasteiger partial charge in [-0.3, -0.25) is 4.79 Å². The van der Waals surface area contributed by atoms with Crippen molar-refractivity contribution in [3.8, 4) is 16.2 Å². The molecule has 1 heterocycles. The van der Waals surface area contributed by atoms with Crippen LogP contribution in [0.3, 0.4) is 0 Å². The molecule has 0 radical (unpaired) electrons. The van der Waals surface area contributed by atoms with Crippen LogP contribution in [0.15, 0.2) is 24.3 Å². The van der Waals surface area contributed by atoms with E-state index in [1.807, 2.05) is 0 Å². The third-order valence-electron chi connectivity index (χ3n) is 2.06. The van der Waals surface area contributed by atoms with Crippen molar-refractivity contribution in [3.05, 3.63) is 30.0 Å². The maximum atomic E-state index is 11.5. The van der Waals surface area contributed by atoms with Gasteiger partial charge in [-0.1, -0.05) is 4.49 Å². The minimum atomic E-state index is -0.267. The lowest BCUT2D eigenvalue weighted by Gasteiger charge is -2.00. The summed E-state index contributed by atoms with van der Waals surface area (Å²) in [5.41, 5.74) is 1.12. The molecule has 2 aromatic rings. The van der Waals surface area contributed by atoms with E-state index in [1.54, 1.807) is 31.3 Å². The van der Waals surface area contributed by atoms with Crippen LogP contribution in [-0.2, 0) is 0 Å². The summed E-state index contributed by atoms with van der Waals surface area (Å²) in [5.74, 6) is -0.0838. The summed E-state index contributed by atoms with van der Waals surface area (Å²) in [5, 5.41) is 15.5. The van der Waals surface area contributed by atoms with E-state index in [9.17, 15) is 9.90 Å². The number of phenols is 1. The third kappa shape index (κ3) is 1.87. The van der Waals surface area contributed by atoms with Gasteiger partial charge in [0.1, 0.15) is 5.75 Å². The minimum Gasteiger partial charge on any atom is -0.508 e. The number of hydrogen-bond donors (Lipinski definition) is 2. The Labute approximate surface area is 95.9 Å². The zero-order valence-electron chi connectivity index (χ0n) is 8.47. The summed E-state index contributed by atoms with van der Waals surface area (Å²) in [7, 11) is 1.54. The Bertz CT molecular complexity index is 507. The molecule has 0 aliphatic heterocycles. The zero-order chi connectivity index (χ0) is 11.5. The number of rotatable bonds is 2. The number of phenolic OH excluding ortho intramolecular Hbond substituents is 1. The summed E-state index contributed by atoms with van der Waals surface area (Å²) in [6, 6.07) is 6.55. The number of nitrogens with one attached hydrogen (secondary N) is 1. The lowest BCUT2D eigenvalue weighted by Crippen LogP contribution is -2.18. The van der Waals surface area contributed by atoms with Crippen LogP contribution in [-0.4, -0.2) is 27.6 Å². The van der Waals surface area contributed by atoms with Crippen molar-refractivity contribution in [2.45, 2.75) is 0 Å². The summed E-state index contributed by atoms with van der Waals surface area (Å²) in [4.78, 5) is 12.2. The van der Waals surface area contributed by atoms with Crippen molar-refractivity contribution < 1.29 is 9.90 Å². The Morgan fingerprint density at radius 1 is 1.38 bits per heavy atom. The second kappa shape index (κ2) is 4.28. The second-order valence-electron chi connectivity index (χ2n) is 3.08. The van der Waals surface area contributed by atoms with Gasteiger partial charge in [-0.15, -0.1) is 5.10 Å². The van der Waals surface area contributed by atoms with Gasteiger partial charge < -0.3 is 10.4 Å². The number of nitrogens with zero attached hydrogens (tertiary/aromatic N) is 2. The molecule has 1 amide bonds. The molecule has 0 saturated carbocycles. The van der Waals surface area contributed by atoms with Crippen LogP contribution < -0.4 is 5.32 Å². The van der Waals surface area contributed by atoms with E-state index >= 15 is 0 Å². The van der Waals surface area contributed by atoms with Gasteiger partial charge in [0.25, 0.3) is 5.91 Å². The van der Waals surface area contributed by atoms with Crippen molar-refractivity contribution in [3.63, 3.8) is 0 Å². The molecule has 0 aliphatic carbocycles. The monoisotopic (exact) mass is 235 g/mol. The Morgan fingerprint density at radius 3 is 2.69 bits per heavy atom. The first-order chi connectivity index (χ1) is 7.72. The SMILES string of the molecule is CNC(=O)c1nnsc1-c1ccc(O)cc1. The highest BCUT2D eigenvalue weighted by molar-refractivity contribution is 7.09. The average molecular weight is 235 g/mol. The maximum absolute atomic E-state index is 11.5. The highest BCUT2D eigenvalue weighted by Gasteiger charge is 2.16. The van der Waals surface area contributed by atoms with Crippen LogP contribution in [0.2, 0.25) is 0 Å². The van der Waals surface area contributed by atoms with Crippen LogP contribution >= 0.6 is 11.5 Å². The first kappa shape index (κ1) is 10.6. The molecule has 5 nitrogen and oxygen atoms in total. The van der Waals surface area contributed by atoms with Gasteiger partial charge in [-0.25, -0.2) is 0 Å². The molecule has 0 fully saturated rings. The third-order valence-corrected chi connectivity index (χ3v) is 2.83. The molecule has 0 aliphatic rings. The number of carbonyl (C=O) groups excluding carboxylic acids is 1. The van der Waals surface area contributed by atoms with E-state index in [-0.39, 0.29) is 11.7 Å². The van der Waals surface area contributed by atoms with E-state index in [0.29, 0.717) is 10.6 Å². The van der Waals surface area contributed by atoms with Crippen molar-refractivity contribution in [2.75, 3.05) is 7.05 Å². The summed E-state index contributed by atoms with van der Waals surface area (Å²) in [6.45, 7) is 0. The van der Waals surface area contributed by atoms with Crippen LogP contribution in [0.4, 0.5) is 0 Å². The fourth-order valence-electron chi connectivity index (χ4n) is 1.26. The largest absolute Gasteiger partial charge is 0.508 e. The van der Waals surface area contributed by atoms with E-state index in [4.69, 9.17) is 0 Å². The summed E-state index contributed by atoms with van der Waals surface area (Å²) in [6.07, 6.45) is 0. The minimum absolute atomic E-state index is 0.183. The highest BCUT2D eigenvalue weighted by atomic mass is 32.1. The smallest absolute Gasteiger partial charge is 0.273 e. The van der Waals surface area contributed by atoms with E-state index in [0.717, 1.165) is 17.1 Å². The first-order valence-electron chi connectivity index (χ1n) is 4.56. The normalized spacial score (nSPS) is 10.1. The summed E-state index contributed by atoms with van der Waals surface area (Å²) < 4.78 is 3.76. The number of benzene rings is 1. The molecular formula is C10H9N3O2S. The number of aromatic hydroxyl groups is 1. The second-order valence-corrected chi connectivity index (χ2v) is 3.83. The molecule has 2 N–H and O–H groups in total. The molecule has 0 saturated heterocycles. The Kier molecular flexibility index (Phi) is 2.82. The summed E-state index contributed by atoms with van der Waals surface area (Å²) >= 11 is 1.15. The van der Waals surface area contributed by atoms with E-state index in [1.165, 1.54) is 0 Å². The average Bonchev–Trinajstić information content (AvgIpc) is 2.78. The molecule has 0 spiro atoms. The Hall–Kier alpha value is -1.95. The predicted molar refractivity (Wildman–Crippen MR) is 60.4 cm³/mol. The van der Waals surface area contributed by atoms with E-state index < -0.39 is 0 Å². The van der Waals surface area contributed by atoms with Crippen LogP contribution in [0.5, 0.6) is 5.75 Å². The predicted octanol–water partition coefficient (Wildman–Crippen LogP) is 1.27. The van der Waals surface area contributed by atoms with Crippen LogP contribution in [0.25, 0.3) is 10.4 Å². The Morgan fingerprint density at radius 2 is 2.06 bits per heavy atom. The van der Waals surface area contributed by atoms with Crippen molar-refractivity contribution in [2.24, 2.45) is 0 Å². The van der Waals surface area contributed by atoms with Gasteiger partial charge >= 0.3 is 0 Å². The molecule has 1 aromatic heterocycles. The molecule has 16 heavy (non-hydrogen) atoms. The van der Waals surface area contributed by atoms with Crippen molar-refractivity contribution >= 4 is 17.4 Å². The van der Waals surface area contributed by atoms with Crippen molar-refractivity contribution in [1.29, 1.82) is 0 Å². The molecule has 6 heteroatoms. The molecule has 2 rings (SSSR count). The number of hydrogen-bond acceptors (Lipinski definition) is 5.